The molecule has 0 atom stereocenters. The minimum Gasteiger partial charge on any atom is -0.406 e. The van der Waals surface area contributed by atoms with Crippen LogP contribution in [0.1, 0.15) is 6.42 Å². The molecule has 0 bridgehead atoms. The summed E-state index contributed by atoms with van der Waals surface area (Å²) in [7, 11) is 0. The Morgan fingerprint density at radius 2 is 2.04 bits per heavy atom. The van der Waals surface area contributed by atoms with E-state index in [0.717, 1.165) is 13.0 Å². The molecule has 0 saturated heterocycles. The minimum atomic E-state index is -4.70. The number of nitrogens with one attached hydrogen (secondary N) is 1. The number of benzene rings is 1. The average molecular weight is 327 g/mol. The topological polar surface area (TPSA) is 77.5 Å². The maximum Gasteiger partial charge on any atom is 0.573 e. The van der Waals surface area contributed by atoms with Crippen LogP contribution in [0.2, 0.25) is 0 Å². The SMILES string of the molecule is NC(=NCCCn1ccnc1)Nc1ccc(OC(F)(F)F)cc1. The molecule has 0 unspecified atom stereocenters. The highest BCUT2D eigenvalue weighted by Crippen LogP contribution is 2.23. The van der Waals surface area contributed by atoms with E-state index in [0.29, 0.717) is 12.2 Å². The quantitative estimate of drug-likeness (QED) is 0.486. The van der Waals surface area contributed by atoms with Crippen LogP contribution in [0.4, 0.5) is 18.9 Å². The van der Waals surface area contributed by atoms with Gasteiger partial charge in [0.25, 0.3) is 0 Å². The van der Waals surface area contributed by atoms with Crippen LogP contribution < -0.4 is 15.8 Å². The van der Waals surface area contributed by atoms with Gasteiger partial charge in [-0.25, -0.2) is 4.98 Å². The summed E-state index contributed by atoms with van der Waals surface area (Å²) >= 11 is 0. The second kappa shape index (κ2) is 7.52. The Morgan fingerprint density at radius 1 is 1.30 bits per heavy atom. The molecule has 1 aromatic heterocycles. The van der Waals surface area contributed by atoms with Crippen LogP contribution in [0.5, 0.6) is 5.75 Å². The number of ether oxygens (including phenoxy) is 1. The van der Waals surface area contributed by atoms with E-state index >= 15 is 0 Å². The first kappa shape index (κ1) is 16.7. The van der Waals surface area contributed by atoms with E-state index < -0.39 is 6.36 Å². The highest BCUT2D eigenvalue weighted by Gasteiger charge is 2.30. The standard InChI is InChI=1S/C14H16F3N5O/c15-14(16,17)23-12-4-2-11(3-5-12)21-13(18)20-6-1-8-22-9-7-19-10-22/h2-5,7,9-10H,1,6,8H2,(H3,18,20,21). The van der Waals surface area contributed by atoms with Crippen molar-refractivity contribution in [2.24, 2.45) is 10.7 Å². The lowest BCUT2D eigenvalue weighted by molar-refractivity contribution is -0.274. The Bertz CT molecular complexity index is 623. The monoisotopic (exact) mass is 327 g/mol. The van der Waals surface area contributed by atoms with Crippen LogP contribution in [-0.4, -0.2) is 28.4 Å². The smallest absolute Gasteiger partial charge is 0.406 e. The molecule has 9 heteroatoms. The molecule has 23 heavy (non-hydrogen) atoms. The largest absolute Gasteiger partial charge is 0.573 e. The predicted octanol–water partition coefficient (Wildman–Crippen LogP) is 2.60. The number of aromatic nitrogens is 2. The fourth-order valence-electron chi connectivity index (χ4n) is 1.80. The van der Waals surface area contributed by atoms with Crippen molar-refractivity contribution in [2.75, 3.05) is 11.9 Å². The van der Waals surface area contributed by atoms with E-state index in [2.05, 4.69) is 20.0 Å². The van der Waals surface area contributed by atoms with Gasteiger partial charge in [-0.2, -0.15) is 0 Å². The van der Waals surface area contributed by atoms with Crippen LogP contribution in [0.25, 0.3) is 0 Å². The maximum absolute atomic E-state index is 12.0. The Morgan fingerprint density at radius 3 is 2.65 bits per heavy atom. The van der Waals surface area contributed by atoms with Gasteiger partial charge in [-0.15, -0.1) is 13.2 Å². The van der Waals surface area contributed by atoms with Gasteiger partial charge in [0, 0.05) is 31.2 Å². The van der Waals surface area contributed by atoms with Gasteiger partial charge in [0.1, 0.15) is 5.75 Å². The van der Waals surface area contributed by atoms with Crippen molar-refractivity contribution in [3.8, 4) is 5.75 Å². The lowest BCUT2D eigenvalue weighted by atomic mass is 10.3. The Kier molecular flexibility index (Phi) is 5.45. The number of guanidine groups is 1. The van der Waals surface area contributed by atoms with Gasteiger partial charge in [0.05, 0.1) is 6.33 Å². The molecule has 0 amide bonds. The van der Waals surface area contributed by atoms with Crippen molar-refractivity contribution >= 4 is 11.6 Å². The van der Waals surface area contributed by atoms with Crippen LogP contribution >= 0.6 is 0 Å². The maximum atomic E-state index is 12.0. The minimum absolute atomic E-state index is 0.195. The zero-order valence-electron chi connectivity index (χ0n) is 12.1. The summed E-state index contributed by atoms with van der Waals surface area (Å²) in [5, 5.41) is 2.80. The molecule has 1 aromatic carbocycles. The first-order valence-electron chi connectivity index (χ1n) is 6.81. The second-order valence-electron chi connectivity index (χ2n) is 4.62. The molecular formula is C14H16F3N5O. The van der Waals surface area contributed by atoms with Crippen molar-refractivity contribution in [3.63, 3.8) is 0 Å². The van der Waals surface area contributed by atoms with E-state index in [1.165, 1.54) is 24.3 Å². The third-order valence-corrected chi connectivity index (χ3v) is 2.78. The summed E-state index contributed by atoms with van der Waals surface area (Å²) in [6.45, 7) is 1.30. The van der Waals surface area contributed by atoms with E-state index in [1.807, 2.05) is 10.8 Å². The third-order valence-electron chi connectivity index (χ3n) is 2.78. The number of hydrogen-bond acceptors (Lipinski definition) is 3. The summed E-state index contributed by atoms with van der Waals surface area (Å²) < 4.78 is 41.8. The molecule has 0 aliphatic heterocycles. The fourth-order valence-corrected chi connectivity index (χ4v) is 1.80. The number of imidazole rings is 1. The number of alkyl halides is 3. The number of halogens is 3. The molecular weight excluding hydrogens is 311 g/mol. The summed E-state index contributed by atoms with van der Waals surface area (Å²) in [5.74, 6) is -0.0981. The number of aryl methyl sites for hydroxylation is 1. The lowest BCUT2D eigenvalue weighted by Gasteiger charge is -2.10. The molecule has 6 nitrogen and oxygen atoms in total. The molecule has 0 fully saturated rings. The molecule has 0 radical (unpaired) electrons. The molecule has 0 aliphatic carbocycles. The number of nitrogens with two attached hydrogens (primary N) is 1. The highest BCUT2D eigenvalue weighted by molar-refractivity contribution is 5.92. The van der Waals surface area contributed by atoms with E-state index in [9.17, 15) is 13.2 Å². The van der Waals surface area contributed by atoms with Gasteiger partial charge in [-0.05, 0) is 30.7 Å². The van der Waals surface area contributed by atoms with Gasteiger partial charge >= 0.3 is 6.36 Å². The zero-order valence-corrected chi connectivity index (χ0v) is 12.1. The highest BCUT2D eigenvalue weighted by atomic mass is 19.4. The Labute approximate surface area is 130 Å². The van der Waals surface area contributed by atoms with Gasteiger partial charge < -0.3 is 20.4 Å². The first-order chi connectivity index (χ1) is 10.9. The third kappa shape index (κ3) is 6.29. The lowest BCUT2D eigenvalue weighted by Crippen LogP contribution is -2.23. The van der Waals surface area contributed by atoms with Gasteiger partial charge in [-0.1, -0.05) is 0 Å². The molecule has 2 aromatic rings. The van der Waals surface area contributed by atoms with Crippen LogP contribution in [-0.2, 0) is 6.54 Å². The van der Waals surface area contributed by atoms with Crippen molar-refractivity contribution in [1.29, 1.82) is 0 Å². The fraction of sp³-hybridized carbons (Fsp3) is 0.286. The molecule has 0 saturated carbocycles. The van der Waals surface area contributed by atoms with Crippen molar-refractivity contribution in [2.45, 2.75) is 19.3 Å². The number of rotatable bonds is 6. The molecule has 2 rings (SSSR count). The van der Waals surface area contributed by atoms with E-state index in [1.54, 1.807) is 12.5 Å². The van der Waals surface area contributed by atoms with Crippen molar-refractivity contribution < 1.29 is 17.9 Å². The van der Waals surface area contributed by atoms with Crippen LogP contribution in [0.3, 0.4) is 0 Å². The number of hydrogen-bond donors (Lipinski definition) is 2. The average Bonchev–Trinajstić information content (AvgIpc) is 2.97. The van der Waals surface area contributed by atoms with Gasteiger partial charge in [0.2, 0.25) is 0 Å². The van der Waals surface area contributed by atoms with E-state index in [-0.39, 0.29) is 11.7 Å². The Hall–Kier alpha value is -2.71. The molecule has 0 spiro atoms. The Balaban J connectivity index is 1.77. The number of nitrogens with zero attached hydrogens (tertiary/aromatic N) is 3. The zero-order chi connectivity index (χ0) is 16.7. The van der Waals surface area contributed by atoms with Crippen molar-refractivity contribution in [1.82, 2.24) is 9.55 Å². The normalized spacial score (nSPS) is 12.2. The number of anilines is 1. The predicted molar refractivity (Wildman–Crippen MR) is 80.1 cm³/mol. The molecule has 1 heterocycles. The van der Waals surface area contributed by atoms with E-state index in [4.69, 9.17) is 5.73 Å². The molecule has 3 N–H and O–H groups in total. The van der Waals surface area contributed by atoms with Gasteiger partial charge in [0.15, 0.2) is 5.96 Å². The summed E-state index contributed by atoms with van der Waals surface area (Å²) in [6, 6.07) is 5.24. The first-order valence-corrected chi connectivity index (χ1v) is 6.81. The molecule has 0 aliphatic rings. The second-order valence-corrected chi connectivity index (χ2v) is 4.62. The molecule has 124 valence electrons. The van der Waals surface area contributed by atoms with Gasteiger partial charge in [-0.3, -0.25) is 4.99 Å². The summed E-state index contributed by atoms with van der Waals surface area (Å²) in [5.41, 5.74) is 6.24. The van der Waals surface area contributed by atoms with Crippen LogP contribution in [0, 0.1) is 0 Å². The van der Waals surface area contributed by atoms with Crippen molar-refractivity contribution in [3.05, 3.63) is 43.0 Å². The summed E-state index contributed by atoms with van der Waals surface area (Å²) in [4.78, 5) is 8.07. The van der Waals surface area contributed by atoms with Crippen LogP contribution in [0.15, 0.2) is 48.0 Å². The number of aliphatic imine (C=N–C) groups is 1. The summed E-state index contributed by atoms with van der Waals surface area (Å²) in [6.07, 6.45) is 1.36.